The van der Waals surface area contributed by atoms with Gasteiger partial charge in [0, 0.05) is 38.8 Å². The minimum Gasteiger partial charge on any atom is -0.398 e. The molecule has 2 fully saturated rings. The quantitative estimate of drug-likeness (QED) is 0.826. The second-order valence-electron chi connectivity index (χ2n) is 7.09. The van der Waals surface area contributed by atoms with Gasteiger partial charge in [-0.1, -0.05) is 18.2 Å². The second kappa shape index (κ2) is 7.87. The van der Waals surface area contributed by atoms with Gasteiger partial charge < -0.3 is 20.4 Å². The molecule has 2 heterocycles. The molecule has 0 unspecified atom stereocenters. The number of likely N-dealkylation sites (tertiary alicyclic amines) is 1. The molecule has 25 heavy (non-hydrogen) atoms. The van der Waals surface area contributed by atoms with Gasteiger partial charge in [0.05, 0.1) is 12.5 Å². The summed E-state index contributed by atoms with van der Waals surface area (Å²) in [5, 5.41) is 0. The van der Waals surface area contributed by atoms with E-state index in [9.17, 15) is 9.59 Å². The predicted molar refractivity (Wildman–Crippen MR) is 98.0 cm³/mol. The van der Waals surface area contributed by atoms with E-state index in [-0.39, 0.29) is 17.9 Å². The van der Waals surface area contributed by atoms with E-state index in [1.165, 1.54) is 12.8 Å². The summed E-state index contributed by atoms with van der Waals surface area (Å²) in [4.78, 5) is 30.9. The van der Waals surface area contributed by atoms with E-state index in [1.54, 1.807) is 6.92 Å². The molecule has 2 aliphatic heterocycles. The van der Waals surface area contributed by atoms with Gasteiger partial charge in [0.2, 0.25) is 11.8 Å². The Morgan fingerprint density at radius 1 is 1.12 bits per heavy atom. The molecule has 6 nitrogen and oxygen atoms in total. The highest BCUT2D eigenvalue weighted by atomic mass is 16.2. The minimum absolute atomic E-state index is 0.0631. The van der Waals surface area contributed by atoms with Crippen LogP contribution in [0.2, 0.25) is 0 Å². The summed E-state index contributed by atoms with van der Waals surface area (Å²) in [7, 11) is 0. The predicted octanol–water partition coefficient (Wildman–Crippen LogP) is 0.966. The highest BCUT2D eigenvalue weighted by molar-refractivity contribution is 5.81. The number of carbonyl (C=O) groups excluding carboxylic acids is 2. The van der Waals surface area contributed by atoms with Crippen LogP contribution in [0.3, 0.4) is 0 Å². The summed E-state index contributed by atoms with van der Waals surface area (Å²) in [5.74, 6) is 0.191. The SMILES string of the molecule is CC(=O)N1CCN(C(=O)Cc2ccccc2N)[C@H](CN2CCCC2)C1. The first kappa shape index (κ1) is 17.7. The Labute approximate surface area is 149 Å². The van der Waals surface area contributed by atoms with Crippen LogP contribution in [0.15, 0.2) is 24.3 Å². The molecule has 1 atom stereocenters. The van der Waals surface area contributed by atoms with E-state index in [4.69, 9.17) is 5.73 Å². The summed E-state index contributed by atoms with van der Waals surface area (Å²) in [6.45, 7) is 6.47. The first-order chi connectivity index (χ1) is 12.0. The Balaban J connectivity index is 1.70. The maximum absolute atomic E-state index is 12.9. The van der Waals surface area contributed by atoms with Crippen LogP contribution in [0.5, 0.6) is 0 Å². The molecule has 2 saturated heterocycles. The van der Waals surface area contributed by atoms with Crippen molar-refractivity contribution in [3.63, 3.8) is 0 Å². The van der Waals surface area contributed by atoms with Crippen LogP contribution in [0.25, 0.3) is 0 Å². The molecule has 6 heteroatoms. The Kier molecular flexibility index (Phi) is 5.58. The van der Waals surface area contributed by atoms with Gasteiger partial charge >= 0.3 is 0 Å². The van der Waals surface area contributed by atoms with Crippen molar-refractivity contribution in [2.24, 2.45) is 0 Å². The number of piperazine rings is 1. The summed E-state index contributed by atoms with van der Waals surface area (Å²) in [5.41, 5.74) is 7.53. The summed E-state index contributed by atoms with van der Waals surface area (Å²) < 4.78 is 0. The normalized spacial score (nSPS) is 21.6. The molecule has 136 valence electrons. The number of amides is 2. The van der Waals surface area contributed by atoms with Crippen LogP contribution in [-0.2, 0) is 16.0 Å². The Morgan fingerprint density at radius 2 is 1.84 bits per heavy atom. The van der Waals surface area contributed by atoms with Gasteiger partial charge in [-0.3, -0.25) is 9.59 Å². The zero-order chi connectivity index (χ0) is 17.8. The number of nitrogens with zero attached hydrogens (tertiary/aromatic N) is 3. The van der Waals surface area contributed by atoms with Crippen LogP contribution in [-0.4, -0.2) is 71.8 Å². The summed E-state index contributed by atoms with van der Waals surface area (Å²) in [6.07, 6.45) is 2.76. The zero-order valence-corrected chi connectivity index (χ0v) is 15.0. The number of hydrogen-bond donors (Lipinski definition) is 1. The van der Waals surface area contributed by atoms with E-state index >= 15 is 0 Å². The van der Waals surface area contributed by atoms with E-state index in [2.05, 4.69) is 4.90 Å². The Bertz CT molecular complexity index is 628. The van der Waals surface area contributed by atoms with E-state index in [0.29, 0.717) is 31.7 Å². The van der Waals surface area contributed by atoms with Crippen molar-refractivity contribution >= 4 is 17.5 Å². The lowest BCUT2D eigenvalue weighted by atomic mass is 10.1. The standard InChI is InChI=1S/C19H28N4O2/c1-15(24)22-10-11-23(17(14-22)13-21-8-4-5-9-21)19(25)12-16-6-2-3-7-18(16)20/h2-3,6-7,17H,4-5,8-14,20H2,1H3/t17-/m1/s1. The third kappa shape index (κ3) is 4.31. The van der Waals surface area contributed by atoms with Crippen LogP contribution < -0.4 is 5.73 Å². The molecular weight excluding hydrogens is 316 g/mol. The Morgan fingerprint density at radius 3 is 2.52 bits per heavy atom. The molecule has 3 rings (SSSR count). The number of carbonyl (C=O) groups is 2. The lowest BCUT2D eigenvalue weighted by molar-refractivity contribution is -0.142. The molecule has 0 saturated carbocycles. The number of nitrogens with two attached hydrogens (primary N) is 1. The fraction of sp³-hybridized carbons (Fsp3) is 0.579. The van der Waals surface area contributed by atoms with Crippen molar-refractivity contribution in [1.29, 1.82) is 0 Å². The fourth-order valence-electron chi connectivity index (χ4n) is 3.85. The molecule has 1 aromatic carbocycles. The third-order valence-electron chi connectivity index (χ3n) is 5.31. The minimum atomic E-state index is 0.0631. The summed E-state index contributed by atoms with van der Waals surface area (Å²) in [6, 6.07) is 7.60. The number of nitrogen functional groups attached to an aromatic ring is 1. The average molecular weight is 344 g/mol. The lowest BCUT2D eigenvalue weighted by Crippen LogP contribution is -2.59. The van der Waals surface area contributed by atoms with Gasteiger partial charge in [-0.2, -0.15) is 0 Å². The van der Waals surface area contributed by atoms with Crippen LogP contribution in [0.4, 0.5) is 5.69 Å². The van der Waals surface area contributed by atoms with E-state index in [1.807, 2.05) is 34.1 Å². The van der Waals surface area contributed by atoms with Gasteiger partial charge in [0.1, 0.15) is 0 Å². The molecule has 1 aromatic rings. The van der Waals surface area contributed by atoms with Gasteiger partial charge in [0.15, 0.2) is 0 Å². The smallest absolute Gasteiger partial charge is 0.227 e. The number of anilines is 1. The second-order valence-corrected chi connectivity index (χ2v) is 7.09. The number of para-hydroxylation sites is 1. The van der Waals surface area contributed by atoms with Gasteiger partial charge in [0.25, 0.3) is 0 Å². The first-order valence-corrected chi connectivity index (χ1v) is 9.15. The van der Waals surface area contributed by atoms with Crippen LogP contribution in [0.1, 0.15) is 25.3 Å². The van der Waals surface area contributed by atoms with Crippen molar-refractivity contribution in [2.75, 3.05) is 45.0 Å². The number of rotatable bonds is 4. The number of hydrogen-bond acceptors (Lipinski definition) is 4. The maximum Gasteiger partial charge on any atom is 0.227 e. The molecule has 2 amide bonds. The molecule has 0 bridgehead atoms. The maximum atomic E-state index is 12.9. The fourth-order valence-corrected chi connectivity index (χ4v) is 3.85. The average Bonchev–Trinajstić information content (AvgIpc) is 3.09. The van der Waals surface area contributed by atoms with Crippen molar-refractivity contribution in [1.82, 2.24) is 14.7 Å². The van der Waals surface area contributed by atoms with Crippen molar-refractivity contribution in [3.8, 4) is 0 Å². The topological polar surface area (TPSA) is 69.9 Å². The Hall–Kier alpha value is -2.08. The molecular formula is C19H28N4O2. The van der Waals surface area contributed by atoms with Gasteiger partial charge in [-0.05, 0) is 37.6 Å². The molecule has 2 N–H and O–H groups in total. The van der Waals surface area contributed by atoms with E-state index in [0.717, 1.165) is 25.2 Å². The highest BCUT2D eigenvalue weighted by Crippen LogP contribution is 2.18. The molecule has 0 aliphatic carbocycles. The van der Waals surface area contributed by atoms with Crippen LogP contribution in [0, 0.1) is 0 Å². The third-order valence-corrected chi connectivity index (χ3v) is 5.31. The summed E-state index contributed by atoms with van der Waals surface area (Å²) >= 11 is 0. The van der Waals surface area contributed by atoms with Crippen molar-refractivity contribution in [2.45, 2.75) is 32.2 Å². The first-order valence-electron chi connectivity index (χ1n) is 9.15. The van der Waals surface area contributed by atoms with Crippen LogP contribution >= 0.6 is 0 Å². The van der Waals surface area contributed by atoms with Crippen molar-refractivity contribution in [3.05, 3.63) is 29.8 Å². The molecule has 2 aliphatic rings. The largest absolute Gasteiger partial charge is 0.398 e. The van der Waals surface area contributed by atoms with Gasteiger partial charge in [-0.15, -0.1) is 0 Å². The van der Waals surface area contributed by atoms with Crippen molar-refractivity contribution < 1.29 is 9.59 Å². The number of benzene rings is 1. The monoisotopic (exact) mass is 344 g/mol. The van der Waals surface area contributed by atoms with E-state index < -0.39 is 0 Å². The molecule has 0 radical (unpaired) electrons. The molecule has 0 spiro atoms. The highest BCUT2D eigenvalue weighted by Gasteiger charge is 2.33. The van der Waals surface area contributed by atoms with Gasteiger partial charge in [-0.25, -0.2) is 0 Å². The lowest BCUT2D eigenvalue weighted by Gasteiger charge is -2.42. The zero-order valence-electron chi connectivity index (χ0n) is 15.0. The molecule has 0 aromatic heterocycles.